The molecule has 2 heterocycles. The van der Waals surface area contributed by atoms with Gasteiger partial charge in [0.05, 0.1) is 4.88 Å². The second-order valence-electron chi connectivity index (χ2n) is 6.32. The second-order valence-corrected chi connectivity index (χ2v) is 7.41. The number of piperidine rings is 1. The number of thiophene rings is 1. The van der Waals surface area contributed by atoms with E-state index in [0.717, 1.165) is 30.0 Å². The zero-order chi connectivity index (χ0) is 18.4. The molecule has 0 radical (unpaired) electrons. The fourth-order valence-electron chi connectivity index (χ4n) is 3.06. The van der Waals surface area contributed by atoms with Crippen LogP contribution in [0.1, 0.15) is 28.9 Å². The van der Waals surface area contributed by atoms with Crippen molar-refractivity contribution < 1.29 is 18.3 Å². The highest BCUT2D eigenvalue weighted by Gasteiger charge is 2.14. The van der Waals surface area contributed by atoms with Crippen LogP contribution < -0.4 is 15.4 Å². The van der Waals surface area contributed by atoms with Gasteiger partial charge in [0.1, 0.15) is 5.75 Å². The van der Waals surface area contributed by atoms with Gasteiger partial charge in [-0.2, -0.15) is 8.78 Å². The van der Waals surface area contributed by atoms with Crippen LogP contribution in [0.5, 0.6) is 5.75 Å². The van der Waals surface area contributed by atoms with Crippen molar-refractivity contribution >= 4 is 17.2 Å². The van der Waals surface area contributed by atoms with E-state index in [1.165, 1.54) is 36.3 Å². The van der Waals surface area contributed by atoms with E-state index in [0.29, 0.717) is 17.3 Å². The molecule has 0 aliphatic carbocycles. The Kier molecular flexibility index (Phi) is 6.57. The SMILES string of the molecule is O=C(NCCC1CCCNC1)c1ccc(-c2ccc(OC(F)F)cc2)s1. The Bertz CT molecular complexity index is 713. The van der Waals surface area contributed by atoms with E-state index in [1.54, 1.807) is 18.2 Å². The Morgan fingerprint density at radius 2 is 2.08 bits per heavy atom. The summed E-state index contributed by atoms with van der Waals surface area (Å²) in [6.45, 7) is -0.0272. The number of hydrogen-bond acceptors (Lipinski definition) is 4. The van der Waals surface area contributed by atoms with E-state index in [9.17, 15) is 13.6 Å². The number of ether oxygens (including phenoxy) is 1. The lowest BCUT2D eigenvalue weighted by Gasteiger charge is -2.22. The summed E-state index contributed by atoms with van der Waals surface area (Å²) in [6, 6.07) is 10.1. The van der Waals surface area contributed by atoms with Crippen LogP contribution >= 0.6 is 11.3 Å². The maximum Gasteiger partial charge on any atom is 0.387 e. The zero-order valence-corrected chi connectivity index (χ0v) is 15.2. The average Bonchev–Trinajstić information content (AvgIpc) is 3.13. The second kappa shape index (κ2) is 9.09. The highest BCUT2D eigenvalue weighted by Crippen LogP contribution is 2.29. The van der Waals surface area contributed by atoms with Crippen LogP contribution in [0.25, 0.3) is 10.4 Å². The molecule has 7 heteroatoms. The molecule has 1 fully saturated rings. The van der Waals surface area contributed by atoms with Crippen molar-refractivity contribution in [3.05, 3.63) is 41.3 Å². The molecule has 1 aliphatic rings. The first-order chi connectivity index (χ1) is 12.6. The molecule has 0 saturated carbocycles. The van der Waals surface area contributed by atoms with Crippen molar-refractivity contribution in [2.45, 2.75) is 25.9 Å². The molecule has 140 valence electrons. The fourth-order valence-corrected chi connectivity index (χ4v) is 3.99. The van der Waals surface area contributed by atoms with Crippen molar-refractivity contribution in [1.29, 1.82) is 0 Å². The summed E-state index contributed by atoms with van der Waals surface area (Å²) in [7, 11) is 0. The van der Waals surface area contributed by atoms with Gasteiger partial charge in [0.2, 0.25) is 0 Å². The van der Waals surface area contributed by atoms with Gasteiger partial charge in [0.25, 0.3) is 5.91 Å². The van der Waals surface area contributed by atoms with Gasteiger partial charge in [0.15, 0.2) is 0 Å². The third kappa shape index (κ3) is 5.25. The molecule has 1 unspecified atom stereocenters. The van der Waals surface area contributed by atoms with Crippen molar-refractivity contribution in [2.24, 2.45) is 5.92 Å². The molecule has 1 aliphatic heterocycles. The number of amides is 1. The first-order valence-electron chi connectivity index (χ1n) is 8.76. The summed E-state index contributed by atoms with van der Waals surface area (Å²) in [4.78, 5) is 13.8. The number of alkyl halides is 2. The molecule has 2 N–H and O–H groups in total. The molecule has 2 aromatic rings. The summed E-state index contributed by atoms with van der Waals surface area (Å²) in [5.41, 5.74) is 0.865. The Morgan fingerprint density at radius 1 is 1.27 bits per heavy atom. The molecule has 1 aromatic heterocycles. The number of hydrogen-bond donors (Lipinski definition) is 2. The number of carbonyl (C=O) groups excluding carboxylic acids is 1. The largest absolute Gasteiger partial charge is 0.435 e. The van der Waals surface area contributed by atoms with Crippen LogP contribution in [-0.4, -0.2) is 32.2 Å². The maximum absolute atomic E-state index is 12.3. The van der Waals surface area contributed by atoms with Crippen molar-refractivity contribution in [3.63, 3.8) is 0 Å². The average molecular weight is 380 g/mol. The number of nitrogens with one attached hydrogen (secondary N) is 2. The molecular formula is C19H22F2N2O2S. The van der Waals surface area contributed by atoms with Gasteiger partial charge in [-0.3, -0.25) is 4.79 Å². The van der Waals surface area contributed by atoms with Crippen LogP contribution in [0.3, 0.4) is 0 Å². The molecule has 1 saturated heterocycles. The monoisotopic (exact) mass is 380 g/mol. The Hall–Kier alpha value is -1.99. The van der Waals surface area contributed by atoms with Crippen molar-refractivity contribution in [1.82, 2.24) is 10.6 Å². The number of carbonyl (C=O) groups is 1. The molecule has 3 rings (SSSR count). The summed E-state index contributed by atoms with van der Waals surface area (Å²) >= 11 is 1.39. The predicted molar refractivity (Wildman–Crippen MR) is 98.9 cm³/mol. The highest BCUT2D eigenvalue weighted by molar-refractivity contribution is 7.17. The van der Waals surface area contributed by atoms with Crippen LogP contribution in [0.4, 0.5) is 8.78 Å². The van der Waals surface area contributed by atoms with E-state index in [-0.39, 0.29) is 11.7 Å². The van der Waals surface area contributed by atoms with E-state index >= 15 is 0 Å². The van der Waals surface area contributed by atoms with Crippen LogP contribution in [-0.2, 0) is 0 Å². The maximum atomic E-state index is 12.3. The molecule has 4 nitrogen and oxygen atoms in total. The Labute approximate surface area is 155 Å². The Balaban J connectivity index is 1.52. The standard InChI is InChI=1S/C19H22F2N2O2S/c20-19(21)25-15-5-3-14(4-6-15)16-7-8-17(26-16)18(24)23-11-9-13-2-1-10-22-12-13/h3-8,13,19,22H,1-2,9-12H2,(H,23,24). The summed E-state index contributed by atoms with van der Waals surface area (Å²) in [6.07, 6.45) is 3.41. The summed E-state index contributed by atoms with van der Waals surface area (Å²) < 4.78 is 28.7. The van der Waals surface area contributed by atoms with Crippen LogP contribution in [0.15, 0.2) is 36.4 Å². The van der Waals surface area contributed by atoms with Gasteiger partial charge in [0, 0.05) is 11.4 Å². The van der Waals surface area contributed by atoms with Crippen LogP contribution in [0.2, 0.25) is 0 Å². The highest BCUT2D eigenvalue weighted by atomic mass is 32.1. The predicted octanol–water partition coefficient (Wildman–Crippen LogP) is 4.14. The number of benzene rings is 1. The minimum Gasteiger partial charge on any atom is -0.435 e. The summed E-state index contributed by atoms with van der Waals surface area (Å²) in [5.74, 6) is 0.690. The van der Waals surface area contributed by atoms with Gasteiger partial charge in [-0.25, -0.2) is 0 Å². The third-order valence-electron chi connectivity index (χ3n) is 4.43. The Morgan fingerprint density at radius 3 is 2.77 bits per heavy atom. The normalized spacial score (nSPS) is 17.3. The first kappa shape index (κ1) is 18.8. The fraction of sp³-hybridized carbons (Fsp3) is 0.421. The quantitative estimate of drug-likeness (QED) is 0.759. The zero-order valence-electron chi connectivity index (χ0n) is 14.3. The summed E-state index contributed by atoms with van der Waals surface area (Å²) in [5, 5.41) is 6.36. The molecule has 1 atom stereocenters. The van der Waals surface area contributed by atoms with E-state index in [1.807, 2.05) is 6.07 Å². The van der Waals surface area contributed by atoms with Gasteiger partial charge >= 0.3 is 6.61 Å². The van der Waals surface area contributed by atoms with Crippen LogP contribution in [0, 0.1) is 5.92 Å². The smallest absolute Gasteiger partial charge is 0.387 e. The molecule has 1 amide bonds. The molecule has 1 aromatic carbocycles. The third-order valence-corrected chi connectivity index (χ3v) is 5.56. The van der Waals surface area contributed by atoms with Crippen molar-refractivity contribution in [3.8, 4) is 16.2 Å². The lowest BCUT2D eigenvalue weighted by molar-refractivity contribution is -0.0498. The molecule has 0 bridgehead atoms. The van der Waals surface area contributed by atoms with Gasteiger partial charge in [-0.1, -0.05) is 0 Å². The molecule has 0 spiro atoms. The van der Waals surface area contributed by atoms with Gasteiger partial charge in [-0.05, 0) is 80.2 Å². The molecular weight excluding hydrogens is 358 g/mol. The molecule has 26 heavy (non-hydrogen) atoms. The topological polar surface area (TPSA) is 50.4 Å². The number of halogens is 2. The minimum absolute atomic E-state index is 0.0670. The number of rotatable bonds is 7. The van der Waals surface area contributed by atoms with Crippen molar-refractivity contribution in [2.75, 3.05) is 19.6 Å². The lowest BCUT2D eigenvalue weighted by atomic mass is 9.96. The van der Waals surface area contributed by atoms with E-state index in [4.69, 9.17) is 0 Å². The van der Waals surface area contributed by atoms with Gasteiger partial charge < -0.3 is 15.4 Å². The lowest BCUT2D eigenvalue weighted by Crippen LogP contribution is -2.33. The first-order valence-corrected chi connectivity index (χ1v) is 9.57. The van der Waals surface area contributed by atoms with Gasteiger partial charge in [-0.15, -0.1) is 11.3 Å². The van der Waals surface area contributed by atoms with E-state index in [2.05, 4.69) is 15.4 Å². The van der Waals surface area contributed by atoms with E-state index < -0.39 is 6.61 Å². The minimum atomic E-state index is -2.83.